The molecule has 3 aromatic rings. The van der Waals surface area contributed by atoms with Gasteiger partial charge >= 0.3 is 0 Å². The van der Waals surface area contributed by atoms with Crippen LogP contribution in [0.25, 0.3) is 0 Å². The average molecular weight is 561 g/mol. The molecular weight excluding hydrogens is 520 g/mol. The van der Waals surface area contributed by atoms with Crippen molar-refractivity contribution in [3.63, 3.8) is 0 Å². The quantitative estimate of drug-likeness (QED) is 0.208. The fraction of sp³-hybridized carbons (Fsp3) is 0.452. The third-order valence-corrected chi connectivity index (χ3v) is 7.51. The standard InChI is InChI=1S/C31H40N6O4/c1-24(26-8-5-9-27(22-26)30(38)25-6-3-2-4-7-25)28-23-29(41-35-28)34-31(32-10-12-36-14-18-39-19-15-36)33-11-13-37-16-20-40-21-17-37/h2-9,22-24H,10-21H2,1H3,(H2,32,33,34). The highest BCUT2D eigenvalue weighted by Gasteiger charge is 2.18. The maximum atomic E-state index is 13.0. The van der Waals surface area contributed by atoms with Gasteiger partial charge in [-0.05, 0) is 11.6 Å². The highest BCUT2D eigenvalue weighted by molar-refractivity contribution is 6.09. The van der Waals surface area contributed by atoms with Gasteiger partial charge in [-0.3, -0.25) is 24.9 Å². The molecule has 0 spiro atoms. The van der Waals surface area contributed by atoms with E-state index in [0.29, 0.717) is 29.5 Å². The Hall–Kier alpha value is -3.57. The van der Waals surface area contributed by atoms with Crippen LogP contribution in [-0.4, -0.2) is 105 Å². The minimum Gasteiger partial charge on any atom is -0.379 e. The largest absolute Gasteiger partial charge is 0.379 e. The molecule has 2 N–H and O–H groups in total. The molecule has 2 saturated heterocycles. The summed E-state index contributed by atoms with van der Waals surface area (Å²) in [6, 6.07) is 19.0. The van der Waals surface area contributed by atoms with E-state index in [-0.39, 0.29) is 11.7 Å². The van der Waals surface area contributed by atoms with Crippen molar-refractivity contribution >= 4 is 17.6 Å². The van der Waals surface area contributed by atoms with E-state index in [1.807, 2.05) is 60.7 Å². The first-order valence-electron chi connectivity index (χ1n) is 14.5. The summed E-state index contributed by atoms with van der Waals surface area (Å²) in [4.78, 5) is 22.5. The molecule has 41 heavy (non-hydrogen) atoms. The number of guanidine groups is 1. The highest BCUT2D eigenvalue weighted by Crippen LogP contribution is 2.26. The van der Waals surface area contributed by atoms with Crippen LogP contribution < -0.4 is 10.6 Å². The number of nitrogens with one attached hydrogen (secondary N) is 2. The molecule has 0 radical (unpaired) electrons. The van der Waals surface area contributed by atoms with Gasteiger partial charge in [0.05, 0.1) is 38.7 Å². The van der Waals surface area contributed by atoms with E-state index in [9.17, 15) is 4.79 Å². The summed E-state index contributed by atoms with van der Waals surface area (Å²) in [6.45, 7) is 12.1. The summed E-state index contributed by atoms with van der Waals surface area (Å²) in [7, 11) is 0. The number of carbonyl (C=O) groups is 1. The number of rotatable bonds is 11. The Balaban J connectivity index is 1.22. The Labute approximate surface area is 241 Å². The number of benzene rings is 2. The van der Waals surface area contributed by atoms with Gasteiger partial charge in [-0.15, -0.1) is 0 Å². The van der Waals surface area contributed by atoms with Gasteiger partial charge < -0.3 is 19.3 Å². The van der Waals surface area contributed by atoms with Crippen molar-refractivity contribution < 1.29 is 18.8 Å². The molecule has 0 amide bonds. The molecule has 10 heteroatoms. The van der Waals surface area contributed by atoms with Crippen LogP contribution in [0, 0.1) is 0 Å². The summed E-state index contributed by atoms with van der Waals surface area (Å²) in [5.74, 6) is 1.13. The fourth-order valence-corrected chi connectivity index (χ4v) is 4.97. The summed E-state index contributed by atoms with van der Waals surface area (Å²) < 4.78 is 16.6. The van der Waals surface area contributed by atoms with Crippen LogP contribution in [0.1, 0.15) is 40.0 Å². The van der Waals surface area contributed by atoms with Crippen LogP contribution in [0.2, 0.25) is 0 Å². The van der Waals surface area contributed by atoms with Gasteiger partial charge in [0.1, 0.15) is 0 Å². The maximum absolute atomic E-state index is 13.0. The van der Waals surface area contributed by atoms with Gasteiger partial charge in [-0.1, -0.05) is 60.6 Å². The molecule has 1 aromatic heterocycles. The van der Waals surface area contributed by atoms with Crippen molar-refractivity contribution in [1.82, 2.24) is 20.3 Å². The Morgan fingerprint density at radius 3 is 2.32 bits per heavy atom. The van der Waals surface area contributed by atoms with Gasteiger partial charge in [0.2, 0.25) is 5.88 Å². The molecule has 3 heterocycles. The number of ketones is 1. The molecule has 218 valence electrons. The molecule has 1 atom stereocenters. The number of carbonyl (C=O) groups excluding carboxylic acids is 1. The zero-order valence-electron chi connectivity index (χ0n) is 23.8. The number of anilines is 1. The molecule has 0 bridgehead atoms. The number of morpholine rings is 2. The summed E-state index contributed by atoms with van der Waals surface area (Å²) >= 11 is 0. The summed E-state index contributed by atoms with van der Waals surface area (Å²) in [6.07, 6.45) is 0. The van der Waals surface area contributed by atoms with E-state index in [4.69, 9.17) is 19.0 Å². The number of ether oxygens (including phenoxy) is 2. The first-order chi connectivity index (χ1) is 20.2. The molecule has 5 rings (SSSR count). The van der Waals surface area contributed by atoms with Crippen LogP contribution in [0.3, 0.4) is 0 Å². The molecule has 2 aliphatic heterocycles. The zero-order chi connectivity index (χ0) is 28.3. The Morgan fingerprint density at radius 1 is 0.902 bits per heavy atom. The molecule has 10 nitrogen and oxygen atoms in total. The third kappa shape index (κ3) is 8.46. The van der Waals surface area contributed by atoms with Gasteiger partial charge in [-0.2, -0.15) is 0 Å². The Morgan fingerprint density at radius 2 is 1.59 bits per heavy atom. The predicted octanol–water partition coefficient (Wildman–Crippen LogP) is 3.08. The number of aromatic nitrogens is 1. The van der Waals surface area contributed by atoms with Crippen molar-refractivity contribution in [2.75, 3.05) is 84.1 Å². The number of nitrogens with zero attached hydrogens (tertiary/aromatic N) is 4. The van der Waals surface area contributed by atoms with E-state index in [0.717, 1.165) is 83.5 Å². The number of hydrogen-bond acceptors (Lipinski definition) is 8. The minimum atomic E-state index is -0.0613. The van der Waals surface area contributed by atoms with Gasteiger partial charge in [0.15, 0.2) is 11.7 Å². The normalized spacial score (nSPS) is 17.7. The first-order valence-corrected chi connectivity index (χ1v) is 14.5. The van der Waals surface area contributed by atoms with Crippen LogP contribution >= 0.6 is 0 Å². The predicted molar refractivity (Wildman–Crippen MR) is 159 cm³/mol. The van der Waals surface area contributed by atoms with E-state index in [2.05, 4.69) is 32.5 Å². The van der Waals surface area contributed by atoms with Crippen molar-refractivity contribution in [3.05, 3.63) is 83.0 Å². The second-order valence-corrected chi connectivity index (χ2v) is 10.3. The SMILES string of the molecule is CC(c1cccc(C(=O)c2ccccc2)c1)c1cc(NC(=NCCN2CCOCC2)NCCN2CCOCC2)on1. The van der Waals surface area contributed by atoms with E-state index < -0.39 is 0 Å². The lowest BCUT2D eigenvalue weighted by Gasteiger charge is -2.27. The summed E-state index contributed by atoms with van der Waals surface area (Å²) in [5.41, 5.74) is 3.10. The Bertz CT molecular complexity index is 1270. The van der Waals surface area contributed by atoms with Crippen LogP contribution in [0.15, 0.2) is 70.2 Å². The highest BCUT2D eigenvalue weighted by atomic mass is 16.5. The second kappa shape index (κ2) is 14.9. The van der Waals surface area contributed by atoms with Crippen molar-refractivity contribution in [2.45, 2.75) is 12.8 Å². The van der Waals surface area contributed by atoms with E-state index >= 15 is 0 Å². The first kappa shape index (κ1) is 28.9. The second-order valence-electron chi connectivity index (χ2n) is 10.3. The van der Waals surface area contributed by atoms with Gasteiger partial charge in [-0.25, -0.2) is 0 Å². The molecule has 0 aliphatic carbocycles. The Kier molecular flexibility index (Phi) is 10.5. The lowest BCUT2D eigenvalue weighted by Crippen LogP contribution is -2.43. The number of hydrogen-bond donors (Lipinski definition) is 2. The van der Waals surface area contributed by atoms with E-state index in [1.54, 1.807) is 0 Å². The van der Waals surface area contributed by atoms with Gasteiger partial charge in [0, 0.05) is 68.9 Å². The van der Waals surface area contributed by atoms with Gasteiger partial charge in [0.25, 0.3) is 0 Å². The monoisotopic (exact) mass is 560 g/mol. The minimum absolute atomic E-state index is 0.00300. The van der Waals surface area contributed by atoms with Crippen LogP contribution in [0.5, 0.6) is 0 Å². The topological polar surface area (TPSA) is 104 Å². The molecular formula is C31H40N6O4. The van der Waals surface area contributed by atoms with Crippen LogP contribution in [-0.2, 0) is 9.47 Å². The molecule has 1 unspecified atom stereocenters. The van der Waals surface area contributed by atoms with E-state index in [1.165, 1.54) is 0 Å². The summed E-state index contributed by atoms with van der Waals surface area (Å²) in [5, 5.41) is 11.1. The van der Waals surface area contributed by atoms with Crippen LogP contribution in [0.4, 0.5) is 5.88 Å². The average Bonchev–Trinajstić information content (AvgIpc) is 3.50. The molecule has 2 aromatic carbocycles. The smallest absolute Gasteiger partial charge is 0.231 e. The van der Waals surface area contributed by atoms with Crippen molar-refractivity contribution in [1.29, 1.82) is 0 Å². The van der Waals surface area contributed by atoms with Crippen molar-refractivity contribution in [2.24, 2.45) is 4.99 Å². The fourth-order valence-electron chi connectivity index (χ4n) is 4.97. The van der Waals surface area contributed by atoms with Crippen molar-refractivity contribution in [3.8, 4) is 0 Å². The molecule has 2 aliphatic rings. The lowest BCUT2D eigenvalue weighted by molar-refractivity contribution is 0.0389. The molecule has 2 fully saturated rings. The zero-order valence-corrected chi connectivity index (χ0v) is 23.8. The molecule has 0 saturated carbocycles. The maximum Gasteiger partial charge on any atom is 0.231 e. The number of aliphatic imine (C=N–C) groups is 1. The lowest BCUT2D eigenvalue weighted by atomic mass is 9.94. The third-order valence-electron chi connectivity index (χ3n) is 7.51.